The van der Waals surface area contributed by atoms with Crippen molar-refractivity contribution in [2.45, 2.75) is 19.8 Å². The average molecular weight is 453 g/mol. The van der Waals surface area contributed by atoms with Gasteiger partial charge in [-0.2, -0.15) is 0 Å². The topological polar surface area (TPSA) is 87.1 Å². The van der Waals surface area contributed by atoms with E-state index in [1.807, 2.05) is 31.3 Å². The minimum absolute atomic E-state index is 0.205. The third-order valence-electron chi connectivity index (χ3n) is 6.08. The summed E-state index contributed by atoms with van der Waals surface area (Å²) in [6, 6.07) is 17.8. The van der Waals surface area contributed by atoms with Crippen LogP contribution < -0.4 is 10.2 Å². The van der Waals surface area contributed by atoms with Gasteiger partial charge in [-0.3, -0.25) is 0 Å². The highest BCUT2D eigenvalue weighted by molar-refractivity contribution is 5.62. The van der Waals surface area contributed by atoms with Gasteiger partial charge < -0.3 is 15.3 Å². The lowest BCUT2D eigenvalue weighted by molar-refractivity contribution is 0.475. The minimum atomic E-state index is 0.205. The lowest BCUT2D eigenvalue weighted by Gasteiger charge is -2.29. The molecule has 0 aliphatic carbocycles. The van der Waals surface area contributed by atoms with Crippen LogP contribution in [0.3, 0.4) is 0 Å². The third kappa shape index (κ3) is 5.21. The Morgan fingerprint density at radius 2 is 1.59 bits per heavy atom. The molecule has 2 aromatic carbocycles. The number of phenols is 1. The molecular weight excluding hydrogens is 424 g/mol. The molecule has 1 aliphatic rings. The molecule has 2 aromatic heterocycles. The highest BCUT2D eigenvalue weighted by atomic mass is 16.3. The van der Waals surface area contributed by atoms with E-state index in [0.29, 0.717) is 18.7 Å². The number of aryl methyl sites for hydroxylation is 1. The first kappa shape index (κ1) is 22.0. The van der Waals surface area contributed by atoms with Gasteiger partial charge >= 0.3 is 0 Å². The molecule has 3 heterocycles. The van der Waals surface area contributed by atoms with E-state index in [1.165, 1.54) is 11.3 Å². The monoisotopic (exact) mass is 452 g/mol. The van der Waals surface area contributed by atoms with E-state index < -0.39 is 0 Å². The minimum Gasteiger partial charge on any atom is -0.508 e. The van der Waals surface area contributed by atoms with E-state index in [9.17, 15) is 5.11 Å². The first-order valence-electron chi connectivity index (χ1n) is 11.6. The molecule has 0 atom stereocenters. The van der Waals surface area contributed by atoms with Gasteiger partial charge in [0.05, 0.1) is 11.4 Å². The Labute approximate surface area is 199 Å². The van der Waals surface area contributed by atoms with Crippen LogP contribution in [0, 0.1) is 6.92 Å². The van der Waals surface area contributed by atoms with Gasteiger partial charge in [-0.1, -0.05) is 18.2 Å². The maximum atomic E-state index is 9.86. The second kappa shape index (κ2) is 9.97. The van der Waals surface area contributed by atoms with Crippen LogP contribution in [0.4, 0.5) is 5.69 Å². The standard InChI is InChI=1S/C27H28N6O/c1-19-2-7-24(34)18-25(19)27-30-11-9-22(32-27)17-21-8-10-29-26(31-21)16-20-3-5-23(6-4-20)33-14-12-28-13-15-33/h2-11,18,28,34H,12-17H2,1H3. The van der Waals surface area contributed by atoms with E-state index in [1.54, 1.807) is 18.3 Å². The maximum Gasteiger partial charge on any atom is 0.159 e. The van der Waals surface area contributed by atoms with Gasteiger partial charge in [-0.05, 0) is 54.4 Å². The van der Waals surface area contributed by atoms with Crippen LogP contribution in [0.25, 0.3) is 11.4 Å². The molecule has 0 radical (unpaired) electrons. The summed E-state index contributed by atoms with van der Waals surface area (Å²) in [7, 11) is 0. The second-order valence-electron chi connectivity index (χ2n) is 8.59. The molecular formula is C27H28N6O. The van der Waals surface area contributed by atoms with Crippen molar-refractivity contribution >= 4 is 5.69 Å². The molecule has 34 heavy (non-hydrogen) atoms. The SMILES string of the molecule is Cc1ccc(O)cc1-c1nccc(Cc2ccnc(Cc3ccc(N4CCNCC4)cc3)n2)n1. The van der Waals surface area contributed by atoms with Crippen LogP contribution in [0.2, 0.25) is 0 Å². The first-order chi connectivity index (χ1) is 16.6. The van der Waals surface area contributed by atoms with Gasteiger partial charge in [0.1, 0.15) is 11.6 Å². The zero-order valence-electron chi connectivity index (χ0n) is 19.3. The van der Waals surface area contributed by atoms with Crippen LogP contribution in [0.1, 0.15) is 28.3 Å². The van der Waals surface area contributed by atoms with Crippen molar-refractivity contribution < 1.29 is 5.11 Å². The van der Waals surface area contributed by atoms with Gasteiger partial charge in [0.25, 0.3) is 0 Å². The summed E-state index contributed by atoms with van der Waals surface area (Å²) in [5.74, 6) is 1.60. The van der Waals surface area contributed by atoms with Crippen LogP contribution >= 0.6 is 0 Å². The van der Waals surface area contributed by atoms with Gasteiger partial charge in [0, 0.05) is 62.7 Å². The van der Waals surface area contributed by atoms with Crippen molar-refractivity contribution in [2.24, 2.45) is 0 Å². The highest BCUT2D eigenvalue weighted by Gasteiger charge is 2.11. The summed E-state index contributed by atoms with van der Waals surface area (Å²) in [5.41, 5.74) is 6.09. The van der Waals surface area contributed by atoms with E-state index in [4.69, 9.17) is 9.97 Å². The molecule has 5 rings (SSSR count). The van der Waals surface area contributed by atoms with E-state index in [0.717, 1.165) is 54.5 Å². The molecule has 0 bridgehead atoms. The summed E-state index contributed by atoms with van der Waals surface area (Å²) in [5, 5.41) is 13.2. The number of piperazine rings is 1. The molecule has 1 saturated heterocycles. The van der Waals surface area contributed by atoms with Crippen molar-refractivity contribution in [2.75, 3.05) is 31.1 Å². The fourth-order valence-corrected chi connectivity index (χ4v) is 4.22. The molecule has 172 valence electrons. The molecule has 0 amide bonds. The molecule has 0 saturated carbocycles. The third-order valence-corrected chi connectivity index (χ3v) is 6.08. The largest absolute Gasteiger partial charge is 0.508 e. The first-order valence-corrected chi connectivity index (χ1v) is 11.6. The van der Waals surface area contributed by atoms with Crippen LogP contribution in [-0.4, -0.2) is 51.2 Å². The lowest BCUT2D eigenvalue weighted by atomic mass is 10.1. The Hall–Kier alpha value is -3.84. The second-order valence-corrected chi connectivity index (χ2v) is 8.59. The van der Waals surface area contributed by atoms with E-state index in [-0.39, 0.29) is 5.75 Å². The summed E-state index contributed by atoms with van der Waals surface area (Å²) in [6.07, 6.45) is 4.84. The number of nitrogens with one attached hydrogen (secondary N) is 1. The molecule has 2 N–H and O–H groups in total. The van der Waals surface area contributed by atoms with E-state index >= 15 is 0 Å². The number of phenolic OH excluding ortho intramolecular Hbond substituents is 1. The highest BCUT2D eigenvalue weighted by Crippen LogP contribution is 2.24. The summed E-state index contributed by atoms with van der Waals surface area (Å²) in [6.45, 7) is 6.13. The smallest absolute Gasteiger partial charge is 0.159 e. The van der Waals surface area contributed by atoms with Crippen molar-refractivity contribution in [1.82, 2.24) is 25.3 Å². The normalized spacial score (nSPS) is 13.7. The fraction of sp³-hybridized carbons (Fsp3) is 0.259. The number of aromatic hydroxyl groups is 1. The fourth-order valence-electron chi connectivity index (χ4n) is 4.22. The Morgan fingerprint density at radius 1 is 0.853 bits per heavy atom. The van der Waals surface area contributed by atoms with Gasteiger partial charge in [-0.15, -0.1) is 0 Å². The van der Waals surface area contributed by atoms with Crippen molar-refractivity contribution in [3.05, 3.63) is 95.3 Å². The Bertz CT molecular complexity index is 1270. The summed E-state index contributed by atoms with van der Waals surface area (Å²) < 4.78 is 0. The Balaban J connectivity index is 1.29. The summed E-state index contributed by atoms with van der Waals surface area (Å²) in [4.78, 5) is 20.8. The summed E-state index contributed by atoms with van der Waals surface area (Å²) >= 11 is 0. The maximum absolute atomic E-state index is 9.86. The Morgan fingerprint density at radius 3 is 2.38 bits per heavy atom. The van der Waals surface area contributed by atoms with Gasteiger partial charge in [-0.25, -0.2) is 19.9 Å². The van der Waals surface area contributed by atoms with Crippen molar-refractivity contribution in [3.8, 4) is 17.1 Å². The predicted octanol–water partition coefficient (Wildman–Crippen LogP) is 3.54. The Kier molecular flexibility index (Phi) is 6.44. The van der Waals surface area contributed by atoms with Crippen LogP contribution in [0.15, 0.2) is 67.0 Å². The number of nitrogens with zero attached hydrogens (tertiary/aromatic N) is 5. The number of benzene rings is 2. The average Bonchev–Trinajstić information content (AvgIpc) is 2.87. The number of anilines is 1. The zero-order valence-corrected chi connectivity index (χ0v) is 19.3. The molecule has 0 unspecified atom stereocenters. The molecule has 7 nitrogen and oxygen atoms in total. The van der Waals surface area contributed by atoms with Crippen LogP contribution in [-0.2, 0) is 12.8 Å². The number of rotatable bonds is 6. The number of hydrogen-bond acceptors (Lipinski definition) is 7. The number of hydrogen-bond donors (Lipinski definition) is 2. The van der Waals surface area contributed by atoms with Crippen molar-refractivity contribution in [1.29, 1.82) is 0 Å². The van der Waals surface area contributed by atoms with Crippen LogP contribution in [0.5, 0.6) is 5.75 Å². The number of aromatic nitrogens is 4. The molecule has 1 fully saturated rings. The predicted molar refractivity (Wildman–Crippen MR) is 133 cm³/mol. The molecule has 4 aromatic rings. The van der Waals surface area contributed by atoms with Gasteiger partial charge in [0.2, 0.25) is 0 Å². The molecule has 7 heteroatoms. The van der Waals surface area contributed by atoms with Gasteiger partial charge in [0.15, 0.2) is 5.82 Å². The lowest BCUT2D eigenvalue weighted by Crippen LogP contribution is -2.43. The van der Waals surface area contributed by atoms with E-state index in [2.05, 4.69) is 44.5 Å². The zero-order chi connectivity index (χ0) is 23.3. The molecule has 0 spiro atoms. The quantitative estimate of drug-likeness (QED) is 0.463. The van der Waals surface area contributed by atoms with Crippen molar-refractivity contribution in [3.63, 3.8) is 0 Å². The molecule has 1 aliphatic heterocycles.